The van der Waals surface area contributed by atoms with Crippen molar-refractivity contribution in [3.05, 3.63) is 29.6 Å². The fourth-order valence-electron chi connectivity index (χ4n) is 2.29. The predicted octanol–water partition coefficient (Wildman–Crippen LogP) is 0.797. The molecule has 0 unspecified atom stereocenters. The number of likely N-dealkylation sites (tertiary alicyclic amines) is 1. The van der Waals surface area contributed by atoms with E-state index in [-0.39, 0.29) is 0 Å². The quantitative estimate of drug-likeness (QED) is 0.821. The molecule has 3 rings (SSSR count). The molecule has 0 amide bonds. The van der Waals surface area contributed by atoms with Crippen molar-refractivity contribution in [3.8, 4) is 0 Å². The van der Waals surface area contributed by atoms with Crippen molar-refractivity contribution in [2.24, 2.45) is 13.0 Å². The van der Waals surface area contributed by atoms with Crippen LogP contribution in [0.15, 0.2) is 18.7 Å². The maximum atomic E-state index is 5.83. The zero-order valence-electron chi connectivity index (χ0n) is 10.2. The molecule has 0 N–H and O–H groups in total. The van der Waals surface area contributed by atoms with Crippen LogP contribution in [0.1, 0.15) is 5.82 Å². The Kier molecular flexibility index (Phi) is 3.05. The summed E-state index contributed by atoms with van der Waals surface area (Å²) in [6.07, 6.45) is 5.14. The lowest BCUT2D eigenvalue weighted by molar-refractivity contribution is 0.0740. The van der Waals surface area contributed by atoms with E-state index in [1.165, 1.54) is 0 Å². The van der Waals surface area contributed by atoms with Gasteiger partial charge in [0.1, 0.15) is 12.2 Å². The highest BCUT2D eigenvalue weighted by Gasteiger charge is 2.27. The van der Waals surface area contributed by atoms with E-state index in [1.807, 2.05) is 22.6 Å². The van der Waals surface area contributed by atoms with Crippen molar-refractivity contribution < 1.29 is 0 Å². The highest BCUT2D eigenvalue weighted by atomic mass is 35.5. The Hall–Kier alpha value is -1.40. The number of aryl methyl sites for hydroxylation is 1. The zero-order valence-corrected chi connectivity index (χ0v) is 11.0. The van der Waals surface area contributed by atoms with Gasteiger partial charge in [-0.25, -0.2) is 4.98 Å². The third-order valence-electron chi connectivity index (χ3n) is 3.25. The molecule has 6 nitrogen and oxygen atoms in total. The molecule has 1 aliphatic heterocycles. The van der Waals surface area contributed by atoms with Crippen LogP contribution in [-0.2, 0) is 20.1 Å². The van der Waals surface area contributed by atoms with E-state index in [0.29, 0.717) is 10.9 Å². The van der Waals surface area contributed by atoms with Gasteiger partial charge < -0.3 is 0 Å². The third-order valence-corrected chi connectivity index (χ3v) is 3.45. The van der Waals surface area contributed by atoms with Crippen molar-refractivity contribution in [1.82, 2.24) is 29.4 Å². The minimum atomic E-state index is 0.647. The second kappa shape index (κ2) is 4.70. The maximum Gasteiger partial charge on any atom is 0.140 e. The molecule has 1 fully saturated rings. The summed E-state index contributed by atoms with van der Waals surface area (Å²) in [6.45, 7) is 3.95. The summed E-state index contributed by atoms with van der Waals surface area (Å²) in [4.78, 5) is 6.59. The summed E-state index contributed by atoms with van der Waals surface area (Å²) in [5.74, 6) is 1.66. The van der Waals surface area contributed by atoms with Crippen LogP contribution >= 0.6 is 11.6 Å². The average molecular weight is 267 g/mol. The molecule has 0 atom stereocenters. The molecular weight excluding hydrogens is 252 g/mol. The fraction of sp³-hybridized carbons (Fsp3) is 0.545. The molecule has 18 heavy (non-hydrogen) atoms. The molecule has 2 aromatic heterocycles. The van der Waals surface area contributed by atoms with Crippen LogP contribution in [0.25, 0.3) is 0 Å². The lowest BCUT2D eigenvalue weighted by Gasteiger charge is -2.38. The summed E-state index contributed by atoms with van der Waals surface area (Å²) < 4.78 is 3.73. The number of hydrogen-bond acceptors (Lipinski definition) is 4. The van der Waals surface area contributed by atoms with E-state index < -0.39 is 0 Å². The van der Waals surface area contributed by atoms with Gasteiger partial charge in [0.2, 0.25) is 0 Å². The van der Waals surface area contributed by atoms with Gasteiger partial charge in [0, 0.05) is 38.8 Å². The molecule has 0 aliphatic carbocycles. The Morgan fingerprint density at radius 3 is 2.83 bits per heavy atom. The summed E-state index contributed by atoms with van der Waals surface area (Å²) >= 11 is 5.83. The van der Waals surface area contributed by atoms with Crippen LogP contribution in [0.2, 0.25) is 5.02 Å². The second-order valence-electron chi connectivity index (χ2n) is 4.74. The third kappa shape index (κ3) is 2.39. The van der Waals surface area contributed by atoms with Gasteiger partial charge in [0.05, 0.1) is 17.8 Å². The maximum absolute atomic E-state index is 5.83. The van der Waals surface area contributed by atoms with Crippen molar-refractivity contribution in [2.75, 3.05) is 13.1 Å². The smallest absolute Gasteiger partial charge is 0.140 e. The second-order valence-corrected chi connectivity index (χ2v) is 5.18. The molecule has 0 saturated carbocycles. The van der Waals surface area contributed by atoms with Gasteiger partial charge in [-0.15, -0.1) is 0 Å². The molecule has 7 heteroatoms. The first-order valence-electron chi connectivity index (χ1n) is 5.94. The molecule has 96 valence electrons. The van der Waals surface area contributed by atoms with Gasteiger partial charge in [0.25, 0.3) is 0 Å². The van der Waals surface area contributed by atoms with Crippen LogP contribution in [0, 0.1) is 5.92 Å². The number of nitrogens with zero attached hydrogens (tertiary/aromatic N) is 6. The van der Waals surface area contributed by atoms with Crippen LogP contribution in [0.5, 0.6) is 0 Å². The van der Waals surface area contributed by atoms with Crippen molar-refractivity contribution in [3.63, 3.8) is 0 Å². The molecule has 2 aromatic rings. The Bertz CT molecular complexity index is 527. The van der Waals surface area contributed by atoms with Gasteiger partial charge in [-0.05, 0) is 0 Å². The fourth-order valence-corrected chi connectivity index (χ4v) is 2.44. The van der Waals surface area contributed by atoms with Gasteiger partial charge >= 0.3 is 0 Å². The summed E-state index contributed by atoms with van der Waals surface area (Å²) in [5.41, 5.74) is 0. The minimum absolute atomic E-state index is 0.647. The highest BCUT2D eigenvalue weighted by Crippen LogP contribution is 2.19. The summed E-state index contributed by atoms with van der Waals surface area (Å²) in [7, 11) is 1.92. The first-order chi connectivity index (χ1) is 8.70. The summed E-state index contributed by atoms with van der Waals surface area (Å²) in [5, 5.41) is 8.96. The van der Waals surface area contributed by atoms with E-state index >= 15 is 0 Å². The van der Waals surface area contributed by atoms with E-state index in [0.717, 1.165) is 32.0 Å². The molecule has 0 aromatic carbocycles. The van der Waals surface area contributed by atoms with E-state index in [1.54, 1.807) is 12.5 Å². The normalized spacial score (nSPS) is 17.0. The molecular formula is C11H15ClN6. The van der Waals surface area contributed by atoms with Crippen LogP contribution < -0.4 is 0 Å². The number of rotatable bonds is 4. The largest absolute Gasteiger partial charge is 0.295 e. The Morgan fingerprint density at radius 1 is 1.39 bits per heavy atom. The molecule has 0 spiro atoms. The monoisotopic (exact) mass is 266 g/mol. The van der Waals surface area contributed by atoms with Gasteiger partial charge in [-0.2, -0.15) is 10.2 Å². The Morgan fingerprint density at radius 2 is 2.22 bits per heavy atom. The van der Waals surface area contributed by atoms with E-state index in [2.05, 4.69) is 20.1 Å². The highest BCUT2D eigenvalue weighted by molar-refractivity contribution is 6.30. The lowest BCUT2D eigenvalue weighted by Crippen LogP contribution is -2.48. The van der Waals surface area contributed by atoms with Crippen molar-refractivity contribution >= 4 is 11.6 Å². The van der Waals surface area contributed by atoms with Crippen LogP contribution in [0.4, 0.5) is 0 Å². The van der Waals surface area contributed by atoms with E-state index in [9.17, 15) is 0 Å². The number of aromatic nitrogens is 5. The number of halogens is 1. The van der Waals surface area contributed by atoms with Gasteiger partial charge in [-0.1, -0.05) is 11.6 Å². The van der Waals surface area contributed by atoms with Gasteiger partial charge in [-0.3, -0.25) is 14.3 Å². The first kappa shape index (κ1) is 11.7. The predicted molar refractivity (Wildman–Crippen MR) is 67.0 cm³/mol. The molecule has 0 bridgehead atoms. The van der Waals surface area contributed by atoms with E-state index in [4.69, 9.17) is 11.6 Å². The van der Waals surface area contributed by atoms with Crippen LogP contribution in [0.3, 0.4) is 0 Å². The molecule has 3 heterocycles. The standard InChI is InChI=1S/C11H15ClN6/c1-16-11(13-8-15-16)7-17-3-9(4-17)5-18-6-10(12)2-14-18/h2,6,8-9H,3-5,7H2,1H3. The molecule has 1 saturated heterocycles. The SMILES string of the molecule is Cn1ncnc1CN1CC(Cn2cc(Cl)cn2)C1. The van der Waals surface area contributed by atoms with Crippen LogP contribution in [-0.4, -0.2) is 42.5 Å². The molecule has 0 radical (unpaired) electrons. The van der Waals surface area contributed by atoms with Crippen molar-refractivity contribution in [2.45, 2.75) is 13.1 Å². The first-order valence-corrected chi connectivity index (χ1v) is 6.31. The van der Waals surface area contributed by atoms with Gasteiger partial charge in [0.15, 0.2) is 0 Å². The van der Waals surface area contributed by atoms with Crippen molar-refractivity contribution in [1.29, 1.82) is 0 Å². The average Bonchev–Trinajstić information content (AvgIpc) is 2.86. The number of hydrogen-bond donors (Lipinski definition) is 0. The minimum Gasteiger partial charge on any atom is -0.295 e. The topological polar surface area (TPSA) is 51.8 Å². The Balaban J connectivity index is 1.47. The molecule has 1 aliphatic rings. The lowest BCUT2D eigenvalue weighted by atomic mass is 10.0. The Labute approximate surface area is 110 Å². The summed E-state index contributed by atoms with van der Waals surface area (Å²) in [6, 6.07) is 0. The zero-order chi connectivity index (χ0) is 12.5.